The van der Waals surface area contributed by atoms with E-state index < -0.39 is 9.84 Å². The van der Waals surface area contributed by atoms with Crippen LogP contribution in [0.2, 0.25) is 0 Å². The highest BCUT2D eigenvalue weighted by molar-refractivity contribution is 7.91. The number of aromatic nitrogens is 2. The summed E-state index contributed by atoms with van der Waals surface area (Å²) < 4.78 is 33.7. The number of imidazole rings is 1. The normalized spacial score (nSPS) is 19.9. The standard InChI is InChI=1S/C22H31N3O3S/c1-2-24(14-18-7-4-3-5-8-18)15-20-13-23-22(29(26,27)17-19-10-11-19)25(20)16-21-9-6-12-28-21/h3-5,7-8,13,19,21H,2,6,9-12,14-17H2,1H3. The Morgan fingerprint density at radius 3 is 2.62 bits per heavy atom. The zero-order valence-corrected chi connectivity index (χ0v) is 18.0. The van der Waals surface area contributed by atoms with Crippen molar-refractivity contribution in [2.75, 3.05) is 18.9 Å². The van der Waals surface area contributed by atoms with Crippen LogP contribution in [0.15, 0.2) is 41.7 Å². The highest BCUT2D eigenvalue weighted by Crippen LogP contribution is 2.32. The maximum Gasteiger partial charge on any atom is 0.227 e. The second-order valence-electron chi connectivity index (χ2n) is 8.29. The summed E-state index contributed by atoms with van der Waals surface area (Å²) in [5.74, 6) is 0.526. The lowest BCUT2D eigenvalue weighted by Gasteiger charge is -2.22. The van der Waals surface area contributed by atoms with Crippen LogP contribution in [0.4, 0.5) is 0 Å². The van der Waals surface area contributed by atoms with Crippen molar-refractivity contribution in [3.63, 3.8) is 0 Å². The fourth-order valence-electron chi connectivity index (χ4n) is 3.97. The molecule has 0 N–H and O–H groups in total. The van der Waals surface area contributed by atoms with E-state index in [1.807, 2.05) is 22.8 Å². The van der Waals surface area contributed by atoms with Gasteiger partial charge in [-0.2, -0.15) is 0 Å². The highest BCUT2D eigenvalue weighted by Gasteiger charge is 2.33. The fraction of sp³-hybridized carbons (Fsp3) is 0.591. The Hall–Kier alpha value is -1.70. The first-order chi connectivity index (χ1) is 14.0. The minimum Gasteiger partial charge on any atom is -0.376 e. The zero-order chi connectivity index (χ0) is 20.3. The van der Waals surface area contributed by atoms with E-state index in [-0.39, 0.29) is 17.0 Å². The summed E-state index contributed by atoms with van der Waals surface area (Å²) in [6.45, 7) is 5.83. The summed E-state index contributed by atoms with van der Waals surface area (Å²) in [4.78, 5) is 6.71. The molecule has 4 rings (SSSR count). The van der Waals surface area contributed by atoms with Gasteiger partial charge in [-0.15, -0.1) is 0 Å². The summed E-state index contributed by atoms with van der Waals surface area (Å²) in [5, 5.41) is 0.227. The molecule has 29 heavy (non-hydrogen) atoms. The third-order valence-electron chi connectivity index (χ3n) is 5.82. The molecule has 2 fully saturated rings. The van der Waals surface area contributed by atoms with E-state index in [1.54, 1.807) is 6.20 Å². The Balaban J connectivity index is 1.57. The molecule has 1 aliphatic carbocycles. The summed E-state index contributed by atoms with van der Waals surface area (Å²) in [7, 11) is -3.37. The van der Waals surface area contributed by atoms with E-state index in [4.69, 9.17) is 4.74 Å². The predicted octanol–water partition coefficient (Wildman–Crippen LogP) is 3.27. The van der Waals surface area contributed by atoms with E-state index in [0.29, 0.717) is 19.0 Å². The maximum atomic E-state index is 13.0. The van der Waals surface area contributed by atoms with Gasteiger partial charge in [-0.1, -0.05) is 37.3 Å². The summed E-state index contributed by atoms with van der Waals surface area (Å²) >= 11 is 0. The quantitative estimate of drug-likeness (QED) is 0.594. The Morgan fingerprint density at radius 1 is 1.17 bits per heavy atom. The van der Waals surface area contributed by atoms with Crippen LogP contribution in [0.1, 0.15) is 43.9 Å². The van der Waals surface area contributed by atoms with Crippen molar-refractivity contribution in [2.45, 2.75) is 63.5 Å². The first-order valence-electron chi connectivity index (χ1n) is 10.7. The molecule has 0 bridgehead atoms. The van der Waals surface area contributed by atoms with Gasteiger partial charge in [0.25, 0.3) is 0 Å². The van der Waals surface area contributed by atoms with E-state index >= 15 is 0 Å². The van der Waals surface area contributed by atoms with Crippen molar-refractivity contribution >= 4 is 9.84 Å². The molecule has 1 saturated carbocycles. The molecule has 1 aromatic heterocycles. The van der Waals surface area contributed by atoms with Gasteiger partial charge in [-0.3, -0.25) is 4.90 Å². The molecule has 2 aromatic rings. The Kier molecular flexibility index (Phi) is 6.37. The average molecular weight is 418 g/mol. The molecule has 1 saturated heterocycles. The second-order valence-corrected chi connectivity index (χ2v) is 10.2. The lowest BCUT2D eigenvalue weighted by Crippen LogP contribution is -2.27. The molecule has 0 spiro atoms. The molecule has 158 valence electrons. The number of hydrogen-bond acceptors (Lipinski definition) is 5. The van der Waals surface area contributed by atoms with Gasteiger partial charge >= 0.3 is 0 Å². The van der Waals surface area contributed by atoms with E-state index in [1.165, 1.54) is 5.56 Å². The number of nitrogens with zero attached hydrogens (tertiary/aromatic N) is 3. The van der Waals surface area contributed by atoms with Crippen LogP contribution in [-0.4, -0.2) is 47.9 Å². The fourth-order valence-corrected chi connectivity index (χ4v) is 5.82. The maximum absolute atomic E-state index is 13.0. The molecular weight excluding hydrogens is 386 g/mol. The first-order valence-corrected chi connectivity index (χ1v) is 12.4. The van der Waals surface area contributed by atoms with Crippen molar-refractivity contribution in [1.29, 1.82) is 0 Å². The molecule has 1 unspecified atom stereocenters. The molecule has 2 aliphatic rings. The minimum absolute atomic E-state index is 0.0713. The number of sulfone groups is 1. The van der Waals surface area contributed by atoms with Crippen molar-refractivity contribution < 1.29 is 13.2 Å². The third kappa shape index (κ3) is 5.27. The third-order valence-corrected chi connectivity index (χ3v) is 7.62. The Bertz CT molecular complexity index is 901. The molecule has 6 nitrogen and oxygen atoms in total. The van der Waals surface area contributed by atoms with Crippen LogP contribution in [-0.2, 0) is 34.2 Å². The van der Waals surface area contributed by atoms with Gasteiger partial charge in [0.1, 0.15) is 0 Å². The molecule has 1 aromatic carbocycles. The zero-order valence-electron chi connectivity index (χ0n) is 17.2. The molecule has 7 heteroatoms. The highest BCUT2D eigenvalue weighted by atomic mass is 32.2. The molecule has 1 aliphatic heterocycles. The Labute approximate surface area is 173 Å². The molecule has 1 atom stereocenters. The lowest BCUT2D eigenvalue weighted by atomic mass is 10.2. The van der Waals surface area contributed by atoms with Crippen molar-refractivity contribution in [2.24, 2.45) is 5.92 Å². The summed E-state index contributed by atoms with van der Waals surface area (Å²) in [6, 6.07) is 10.4. The van der Waals surface area contributed by atoms with Gasteiger partial charge in [0.2, 0.25) is 15.0 Å². The van der Waals surface area contributed by atoms with Crippen LogP contribution in [0, 0.1) is 5.92 Å². The van der Waals surface area contributed by atoms with Gasteiger partial charge in [-0.25, -0.2) is 13.4 Å². The number of ether oxygens (including phenoxy) is 1. The van der Waals surface area contributed by atoms with Crippen LogP contribution < -0.4 is 0 Å². The molecule has 0 radical (unpaired) electrons. The van der Waals surface area contributed by atoms with Gasteiger partial charge in [-0.05, 0) is 43.7 Å². The van der Waals surface area contributed by atoms with Gasteiger partial charge in [0.15, 0.2) is 0 Å². The molecule has 2 heterocycles. The number of benzene rings is 1. The van der Waals surface area contributed by atoms with Crippen molar-refractivity contribution in [1.82, 2.24) is 14.5 Å². The number of hydrogen-bond donors (Lipinski definition) is 0. The first kappa shape index (κ1) is 20.6. The van der Waals surface area contributed by atoms with Crippen molar-refractivity contribution in [3.05, 3.63) is 47.8 Å². The van der Waals surface area contributed by atoms with Crippen molar-refractivity contribution in [3.8, 4) is 0 Å². The minimum atomic E-state index is -3.37. The van der Waals surface area contributed by atoms with Crippen LogP contribution >= 0.6 is 0 Å². The SMILES string of the molecule is CCN(Cc1ccccc1)Cc1cnc(S(=O)(=O)CC2CC2)n1CC1CCCO1. The molecule has 0 amide bonds. The van der Waals surface area contributed by atoms with Crippen LogP contribution in [0.25, 0.3) is 0 Å². The Morgan fingerprint density at radius 2 is 1.97 bits per heavy atom. The number of rotatable bonds is 10. The largest absolute Gasteiger partial charge is 0.376 e. The van der Waals surface area contributed by atoms with Crippen LogP contribution in [0.5, 0.6) is 0 Å². The summed E-state index contributed by atoms with van der Waals surface area (Å²) in [6.07, 6.45) is 5.86. The van der Waals surface area contributed by atoms with Gasteiger partial charge in [0.05, 0.1) is 30.3 Å². The second kappa shape index (κ2) is 8.98. The smallest absolute Gasteiger partial charge is 0.227 e. The summed E-state index contributed by atoms with van der Waals surface area (Å²) in [5.41, 5.74) is 2.20. The van der Waals surface area contributed by atoms with E-state index in [0.717, 1.165) is 51.1 Å². The van der Waals surface area contributed by atoms with Gasteiger partial charge < -0.3 is 9.30 Å². The van der Waals surface area contributed by atoms with Crippen LogP contribution in [0.3, 0.4) is 0 Å². The lowest BCUT2D eigenvalue weighted by molar-refractivity contribution is 0.0932. The topological polar surface area (TPSA) is 64.4 Å². The van der Waals surface area contributed by atoms with E-state index in [9.17, 15) is 8.42 Å². The van der Waals surface area contributed by atoms with E-state index in [2.05, 4.69) is 28.9 Å². The predicted molar refractivity (Wildman–Crippen MR) is 112 cm³/mol. The monoisotopic (exact) mass is 417 g/mol. The average Bonchev–Trinajstić information content (AvgIpc) is 3.19. The molecular formula is C22H31N3O3S. The van der Waals surface area contributed by atoms with Gasteiger partial charge in [0, 0.05) is 19.7 Å².